The number of rotatable bonds is 5. The molecule has 0 saturated carbocycles. The normalized spacial score (nSPS) is 9.63. The second kappa shape index (κ2) is 7.22. The zero-order valence-electron chi connectivity index (χ0n) is 10.7. The van der Waals surface area contributed by atoms with Crippen LogP contribution in [-0.4, -0.2) is 44.3 Å². The largest absolute Gasteiger partial charge is 0.497 e. The molecule has 0 aliphatic heterocycles. The molecule has 0 aliphatic carbocycles. The van der Waals surface area contributed by atoms with Crippen molar-refractivity contribution in [3.63, 3.8) is 0 Å². The number of methoxy groups -OCH3 is 2. The molecule has 19 heavy (non-hydrogen) atoms. The minimum Gasteiger partial charge on any atom is -0.497 e. The zero-order valence-corrected chi connectivity index (χ0v) is 10.7. The van der Waals surface area contributed by atoms with Crippen molar-refractivity contribution in [1.29, 1.82) is 0 Å². The molecule has 0 saturated heterocycles. The lowest BCUT2D eigenvalue weighted by molar-refractivity contribution is -0.136. The summed E-state index contributed by atoms with van der Waals surface area (Å²) in [6.07, 6.45) is 0. The van der Waals surface area contributed by atoms with Gasteiger partial charge in [0.25, 0.3) is 0 Å². The summed E-state index contributed by atoms with van der Waals surface area (Å²) in [5.74, 6) is -0.755. The fraction of sp³-hybridized carbons (Fsp3) is 0.333. The van der Waals surface area contributed by atoms with Gasteiger partial charge in [-0.25, -0.2) is 0 Å². The average molecular weight is 268 g/mol. The SMILES string of the molecule is COc1ccc(OC)c(NC(=O)C(=O)NCCO)c1. The molecule has 0 aromatic heterocycles. The number of amides is 2. The summed E-state index contributed by atoms with van der Waals surface area (Å²) in [6, 6.07) is 4.82. The number of carbonyl (C=O) groups excluding carboxylic acids is 2. The number of aliphatic hydroxyl groups excluding tert-OH is 1. The lowest BCUT2D eigenvalue weighted by atomic mass is 10.2. The molecule has 3 N–H and O–H groups in total. The number of hydrogen-bond acceptors (Lipinski definition) is 5. The lowest BCUT2D eigenvalue weighted by Crippen LogP contribution is -2.36. The van der Waals surface area contributed by atoms with E-state index in [1.165, 1.54) is 20.3 Å². The Balaban J connectivity index is 2.79. The van der Waals surface area contributed by atoms with E-state index in [0.717, 1.165) is 0 Å². The number of hydrogen-bond donors (Lipinski definition) is 3. The minimum absolute atomic E-state index is 0.0154. The second-order valence-electron chi connectivity index (χ2n) is 3.50. The van der Waals surface area contributed by atoms with Crippen LogP contribution in [-0.2, 0) is 9.59 Å². The molecule has 1 aromatic carbocycles. The van der Waals surface area contributed by atoms with E-state index < -0.39 is 11.8 Å². The molecular formula is C12H16N2O5. The highest BCUT2D eigenvalue weighted by Gasteiger charge is 2.15. The topological polar surface area (TPSA) is 96.9 Å². The van der Waals surface area contributed by atoms with Gasteiger partial charge in [-0.3, -0.25) is 9.59 Å². The van der Waals surface area contributed by atoms with Crippen LogP contribution in [0.5, 0.6) is 11.5 Å². The van der Waals surface area contributed by atoms with E-state index in [2.05, 4.69) is 10.6 Å². The molecule has 1 aromatic rings. The molecule has 0 bridgehead atoms. The number of carbonyl (C=O) groups is 2. The highest BCUT2D eigenvalue weighted by Crippen LogP contribution is 2.28. The fourth-order valence-electron chi connectivity index (χ4n) is 1.34. The summed E-state index contributed by atoms with van der Waals surface area (Å²) in [4.78, 5) is 22.9. The molecule has 0 unspecified atom stereocenters. The van der Waals surface area contributed by atoms with Gasteiger partial charge >= 0.3 is 11.8 Å². The predicted molar refractivity (Wildman–Crippen MR) is 68.3 cm³/mol. The van der Waals surface area contributed by atoms with Gasteiger partial charge in [-0.2, -0.15) is 0 Å². The third-order valence-corrected chi connectivity index (χ3v) is 2.26. The number of nitrogens with one attached hydrogen (secondary N) is 2. The van der Waals surface area contributed by atoms with Crippen molar-refractivity contribution in [2.75, 3.05) is 32.7 Å². The van der Waals surface area contributed by atoms with Crippen LogP contribution in [0, 0.1) is 0 Å². The molecule has 7 heteroatoms. The van der Waals surface area contributed by atoms with Gasteiger partial charge < -0.3 is 25.2 Å². The summed E-state index contributed by atoms with van der Waals surface area (Å²) in [5.41, 5.74) is 0.325. The Bertz CT molecular complexity index is 461. The Hall–Kier alpha value is -2.28. The summed E-state index contributed by atoms with van der Waals surface area (Å²) in [6.45, 7) is -0.219. The first-order chi connectivity index (χ1) is 9.12. The summed E-state index contributed by atoms with van der Waals surface area (Å²) in [7, 11) is 2.94. The van der Waals surface area contributed by atoms with Crippen molar-refractivity contribution >= 4 is 17.5 Å². The van der Waals surface area contributed by atoms with Crippen LogP contribution in [0.15, 0.2) is 18.2 Å². The molecule has 0 spiro atoms. The molecule has 0 heterocycles. The molecule has 0 fully saturated rings. The Morgan fingerprint density at radius 3 is 2.53 bits per heavy atom. The second-order valence-corrected chi connectivity index (χ2v) is 3.50. The van der Waals surface area contributed by atoms with Gasteiger partial charge in [0.2, 0.25) is 0 Å². The van der Waals surface area contributed by atoms with Crippen LogP contribution >= 0.6 is 0 Å². The van der Waals surface area contributed by atoms with Crippen LogP contribution in [0.3, 0.4) is 0 Å². The van der Waals surface area contributed by atoms with Crippen LogP contribution in [0.4, 0.5) is 5.69 Å². The van der Waals surface area contributed by atoms with Gasteiger partial charge in [0.15, 0.2) is 0 Å². The molecule has 0 atom stereocenters. The average Bonchev–Trinajstić information content (AvgIpc) is 2.44. The molecule has 0 radical (unpaired) electrons. The molecule has 104 valence electrons. The van der Waals surface area contributed by atoms with Crippen molar-refractivity contribution in [3.8, 4) is 11.5 Å². The minimum atomic E-state index is -0.847. The summed E-state index contributed by atoms with van der Waals surface area (Å²) >= 11 is 0. The van der Waals surface area contributed by atoms with Gasteiger partial charge in [-0.05, 0) is 12.1 Å². The Labute approximate surface area is 110 Å². The predicted octanol–water partition coefficient (Wildman–Crippen LogP) is -0.249. The number of ether oxygens (including phenoxy) is 2. The standard InChI is InChI=1S/C12H16N2O5/c1-18-8-3-4-10(19-2)9(7-8)14-12(17)11(16)13-5-6-15/h3-4,7,15H,5-6H2,1-2H3,(H,13,16)(H,14,17). The van der Waals surface area contributed by atoms with Crippen molar-refractivity contribution in [2.45, 2.75) is 0 Å². The third-order valence-electron chi connectivity index (χ3n) is 2.26. The molecular weight excluding hydrogens is 252 g/mol. The monoisotopic (exact) mass is 268 g/mol. The Kier molecular flexibility index (Phi) is 5.62. The zero-order chi connectivity index (χ0) is 14.3. The van der Waals surface area contributed by atoms with E-state index >= 15 is 0 Å². The van der Waals surface area contributed by atoms with E-state index in [-0.39, 0.29) is 13.2 Å². The maximum Gasteiger partial charge on any atom is 0.313 e. The fourth-order valence-corrected chi connectivity index (χ4v) is 1.34. The van der Waals surface area contributed by atoms with Crippen molar-refractivity contribution in [1.82, 2.24) is 5.32 Å². The van der Waals surface area contributed by atoms with E-state index in [4.69, 9.17) is 14.6 Å². The van der Waals surface area contributed by atoms with E-state index in [9.17, 15) is 9.59 Å². The van der Waals surface area contributed by atoms with Crippen LogP contribution in [0.25, 0.3) is 0 Å². The van der Waals surface area contributed by atoms with Crippen molar-refractivity contribution < 1.29 is 24.2 Å². The maximum atomic E-state index is 11.6. The molecule has 1 rings (SSSR count). The molecule has 0 aliphatic rings. The number of benzene rings is 1. The van der Waals surface area contributed by atoms with Gasteiger partial charge in [-0.1, -0.05) is 0 Å². The van der Waals surface area contributed by atoms with Crippen LogP contribution < -0.4 is 20.1 Å². The first kappa shape index (κ1) is 14.8. The molecule has 7 nitrogen and oxygen atoms in total. The number of aliphatic hydroxyl groups is 1. The highest BCUT2D eigenvalue weighted by atomic mass is 16.5. The van der Waals surface area contributed by atoms with Crippen molar-refractivity contribution in [3.05, 3.63) is 18.2 Å². The Morgan fingerprint density at radius 2 is 1.95 bits per heavy atom. The maximum absolute atomic E-state index is 11.6. The first-order valence-electron chi connectivity index (χ1n) is 5.54. The van der Waals surface area contributed by atoms with E-state index in [0.29, 0.717) is 17.2 Å². The smallest absolute Gasteiger partial charge is 0.313 e. The van der Waals surface area contributed by atoms with Gasteiger partial charge in [0.05, 0.1) is 26.5 Å². The lowest BCUT2D eigenvalue weighted by Gasteiger charge is -2.11. The van der Waals surface area contributed by atoms with Crippen molar-refractivity contribution in [2.24, 2.45) is 0 Å². The third kappa shape index (κ3) is 4.14. The highest BCUT2D eigenvalue weighted by molar-refractivity contribution is 6.39. The van der Waals surface area contributed by atoms with Gasteiger partial charge in [0.1, 0.15) is 11.5 Å². The molecule has 2 amide bonds. The van der Waals surface area contributed by atoms with Crippen LogP contribution in [0.1, 0.15) is 0 Å². The summed E-state index contributed by atoms with van der Waals surface area (Å²) < 4.78 is 10.1. The quantitative estimate of drug-likeness (QED) is 0.640. The van der Waals surface area contributed by atoms with E-state index in [1.54, 1.807) is 12.1 Å². The van der Waals surface area contributed by atoms with Crippen LogP contribution in [0.2, 0.25) is 0 Å². The van der Waals surface area contributed by atoms with E-state index in [1.807, 2.05) is 0 Å². The van der Waals surface area contributed by atoms with Gasteiger partial charge in [-0.15, -0.1) is 0 Å². The van der Waals surface area contributed by atoms with Gasteiger partial charge in [0, 0.05) is 12.6 Å². The number of anilines is 1. The summed E-state index contributed by atoms with van der Waals surface area (Å²) in [5, 5.41) is 13.2. The Morgan fingerprint density at radius 1 is 1.21 bits per heavy atom. The first-order valence-corrected chi connectivity index (χ1v) is 5.54.